The summed E-state index contributed by atoms with van der Waals surface area (Å²) in [5, 5.41) is 14.3. The maximum Gasteiger partial charge on any atom is 0.271 e. The molecule has 0 aliphatic rings. The number of rotatable bonds is 11. The summed E-state index contributed by atoms with van der Waals surface area (Å²) >= 11 is 0. The van der Waals surface area contributed by atoms with Crippen LogP contribution in [0.1, 0.15) is 43.9 Å². The molecule has 0 unspecified atom stereocenters. The number of carbonyl (C=O) groups excluding carboxylic acids is 1. The minimum absolute atomic E-state index is 0.0745. The number of anilines is 1. The molecule has 0 saturated heterocycles. The Morgan fingerprint density at radius 1 is 1.09 bits per heavy atom. The summed E-state index contributed by atoms with van der Waals surface area (Å²) in [5.41, 5.74) is 1.36. The number of aryl methyl sites for hydroxylation is 1. The normalized spacial score (nSPS) is 13.0. The van der Waals surface area contributed by atoms with Crippen molar-refractivity contribution in [2.24, 2.45) is 0 Å². The lowest BCUT2D eigenvalue weighted by Crippen LogP contribution is -2.50. The van der Waals surface area contributed by atoms with E-state index in [1.54, 1.807) is 14.0 Å². The number of non-ortho nitro benzene ring substituents is 1. The van der Waals surface area contributed by atoms with Crippen LogP contribution in [0.15, 0.2) is 36.4 Å². The van der Waals surface area contributed by atoms with Gasteiger partial charge in [-0.15, -0.1) is 0 Å². The maximum absolute atomic E-state index is 13.4. The fraction of sp³-hybridized carbons (Fsp3) is 0.435. The van der Waals surface area contributed by atoms with Gasteiger partial charge in [0.25, 0.3) is 5.69 Å². The molecule has 1 amide bonds. The summed E-state index contributed by atoms with van der Waals surface area (Å²) in [6.07, 6.45) is 1.64. The number of hydrogen-bond acceptors (Lipinski definition) is 7. The van der Waals surface area contributed by atoms with E-state index in [9.17, 15) is 23.3 Å². The first-order valence-corrected chi connectivity index (χ1v) is 12.6. The van der Waals surface area contributed by atoms with Crippen LogP contribution in [0.3, 0.4) is 0 Å². The highest BCUT2D eigenvalue weighted by atomic mass is 32.2. The quantitative estimate of drug-likeness (QED) is 0.373. The van der Waals surface area contributed by atoms with Crippen molar-refractivity contribution in [1.29, 1.82) is 0 Å². The van der Waals surface area contributed by atoms with E-state index in [2.05, 4.69) is 5.32 Å². The molecule has 2 atom stereocenters. The minimum Gasteiger partial charge on any atom is -0.496 e. The second-order valence-electron chi connectivity index (χ2n) is 7.79. The monoisotopic (exact) mass is 493 g/mol. The summed E-state index contributed by atoms with van der Waals surface area (Å²) in [5.74, 6) is 0.291. The van der Waals surface area contributed by atoms with Crippen molar-refractivity contribution in [3.8, 4) is 11.5 Å². The van der Waals surface area contributed by atoms with Crippen molar-refractivity contribution in [2.45, 2.75) is 45.7 Å². The number of ether oxygens (including phenoxy) is 2. The number of benzene rings is 2. The van der Waals surface area contributed by atoms with E-state index in [1.807, 2.05) is 32.0 Å². The zero-order valence-corrected chi connectivity index (χ0v) is 21.0. The van der Waals surface area contributed by atoms with E-state index >= 15 is 0 Å². The van der Waals surface area contributed by atoms with Crippen molar-refractivity contribution < 1.29 is 27.6 Å². The summed E-state index contributed by atoms with van der Waals surface area (Å²) in [6, 6.07) is 7.66. The van der Waals surface area contributed by atoms with Gasteiger partial charge in [0.15, 0.2) is 0 Å². The van der Waals surface area contributed by atoms with E-state index in [4.69, 9.17) is 9.47 Å². The number of amides is 1. The van der Waals surface area contributed by atoms with Gasteiger partial charge in [0.1, 0.15) is 23.2 Å². The molecule has 1 N–H and O–H groups in total. The highest BCUT2D eigenvalue weighted by Gasteiger charge is 2.35. The van der Waals surface area contributed by atoms with E-state index in [0.29, 0.717) is 6.42 Å². The molecule has 0 spiro atoms. The van der Waals surface area contributed by atoms with Crippen molar-refractivity contribution in [2.75, 3.05) is 24.8 Å². The van der Waals surface area contributed by atoms with Gasteiger partial charge in [0.2, 0.25) is 15.9 Å². The molecule has 0 aromatic heterocycles. The molecule has 0 radical (unpaired) electrons. The third-order valence-electron chi connectivity index (χ3n) is 5.49. The minimum atomic E-state index is -4.02. The molecule has 0 heterocycles. The smallest absolute Gasteiger partial charge is 0.271 e. The number of hydrogen-bond donors (Lipinski definition) is 1. The van der Waals surface area contributed by atoms with Crippen LogP contribution >= 0.6 is 0 Å². The maximum atomic E-state index is 13.4. The average Bonchev–Trinajstić information content (AvgIpc) is 2.79. The van der Waals surface area contributed by atoms with Crippen molar-refractivity contribution in [3.05, 3.63) is 57.6 Å². The predicted octanol–water partition coefficient (Wildman–Crippen LogP) is 3.73. The average molecular weight is 494 g/mol. The Bertz CT molecular complexity index is 1150. The third-order valence-corrected chi connectivity index (χ3v) is 6.65. The van der Waals surface area contributed by atoms with Crippen LogP contribution in [-0.2, 0) is 14.8 Å². The lowest BCUT2D eigenvalue weighted by molar-refractivity contribution is -0.384. The Balaban J connectivity index is 2.50. The predicted molar refractivity (Wildman–Crippen MR) is 130 cm³/mol. The summed E-state index contributed by atoms with van der Waals surface area (Å²) < 4.78 is 37.1. The van der Waals surface area contributed by atoms with E-state index in [1.165, 1.54) is 19.2 Å². The summed E-state index contributed by atoms with van der Waals surface area (Å²) in [7, 11) is -1.12. The number of nitrogens with one attached hydrogen (secondary N) is 1. The number of nitro groups is 1. The molecule has 0 fully saturated rings. The number of methoxy groups -OCH3 is 2. The highest BCUT2D eigenvalue weighted by molar-refractivity contribution is 7.92. The van der Waals surface area contributed by atoms with E-state index in [0.717, 1.165) is 33.5 Å². The SMILES string of the molecule is CC[C@H](NC(=O)[C@H](CC)N(c1cc([N+](=O)[O-])ccc1OC)S(C)(=O)=O)c1ccc(OC)c(C)c1. The standard InChI is InChI=1S/C23H31N3O7S/c1-7-18(16-9-11-21(32-4)15(3)13-16)24-23(27)19(8-2)25(34(6,30)31)20-14-17(26(28)29)10-12-22(20)33-5/h9-14,18-19H,7-8H2,1-6H3,(H,24,27)/t18-,19-/m0/s1. The molecule has 34 heavy (non-hydrogen) atoms. The molecule has 2 rings (SSSR count). The first kappa shape index (κ1) is 26.9. The molecule has 0 bridgehead atoms. The fourth-order valence-electron chi connectivity index (χ4n) is 3.81. The van der Waals surface area contributed by atoms with Crippen LogP contribution in [0.2, 0.25) is 0 Å². The molecule has 2 aromatic rings. The van der Waals surface area contributed by atoms with Gasteiger partial charge < -0.3 is 14.8 Å². The largest absolute Gasteiger partial charge is 0.496 e. The van der Waals surface area contributed by atoms with Crippen LogP contribution in [0, 0.1) is 17.0 Å². The van der Waals surface area contributed by atoms with E-state index in [-0.39, 0.29) is 29.6 Å². The molecular weight excluding hydrogens is 462 g/mol. The van der Waals surface area contributed by atoms with Crippen LogP contribution in [-0.4, -0.2) is 45.8 Å². The van der Waals surface area contributed by atoms with Crippen LogP contribution in [0.5, 0.6) is 11.5 Å². The van der Waals surface area contributed by atoms with Gasteiger partial charge in [-0.05, 0) is 43.0 Å². The molecule has 10 nitrogen and oxygen atoms in total. The molecule has 186 valence electrons. The molecule has 2 aromatic carbocycles. The van der Waals surface area contributed by atoms with Crippen molar-refractivity contribution in [1.82, 2.24) is 5.32 Å². The zero-order chi connectivity index (χ0) is 25.6. The van der Waals surface area contributed by atoms with Gasteiger partial charge in [-0.25, -0.2) is 8.42 Å². The molecule has 0 aliphatic carbocycles. The summed E-state index contributed by atoms with van der Waals surface area (Å²) in [6.45, 7) is 5.47. The van der Waals surface area contributed by atoms with Gasteiger partial charge >= 0.3 is 0 Å². The van der Waals surface area contributed by atoms with Gasteiger partial charge in [-0.3, -0.25) is 19.2 Å². The zero-order valence-electron chi connectivity index (χ0n) is 20.2. The van der Waals surface area contributed by atoms with Crippen LogP contribution < -0.4 is 19.1 Å². The molecular formula is C23H31N3O7S. The lowest BCUT2D eigenvalue weighted by Gasteiger charge is -2.32. The van der Waals surface area contributed by atoms with Crippen molar-refractivity contribution in [3.63, 3.8) is 0 Å². The third kappa shape index (κ3) is 5.96. The van der Waals surface area contributed by atoms with Crippen molar-refractivity contribution >= 4 is 27.3 Å². The fourth-order valence-corrected chi connectivity index (χ4v) is 5.01. The Labute approximate surface area is 200 Å². The first-order valence-electron chi connectivity index (χ1n) is 10.7. The first-order chi connectivity index (χ1) is 16.0. The van der Waals surface area contributed by atoms with Crippen LogP contribution in [0.4, 0.5) is 11.4 Å². The number of nitrogens with zero attached hydrogens (tertiary/aromatic N) is 2. The van der Waals surface area contributed by atoms with Gasteiger partial charge in [-0.1, -0.05) is 26.0 Å². The molecule has 0 saturated carbocycles. The van der Waals surface area contributed by atoms with Gasteiger partial charge in [0, 0.05) is 12.1 Å². The Hall–Kier alpha value is -3.34. The number of sulfonamides is 1. The Morgan fingerprint density at radius 3 is 2.18 bits per heavy atom. The van der Waals surface area contributed by atoms with E-state index < -0.39 is 26.9 Å². The number of carbonyl (C=O) groups is 1. The Morgan fingerprint density at radius 2 is 1.71 bits per heavy atom. The topological polar surface area (TPSA) is 128 Å². The van der Waals surface area contributed by atoms with Gasteiger partial charge in [0.05, 0.1) is 31.4 Å². The lowest BCUT2D eigenvalue weighted by atomic mass is 10.0. The van der Waals surface area contributed by atoms with Gasteiger partial charge in [-0.2, -0.15) is 0 Å². The van der Waals surface area contributed by atoms with Crippen LogP contribution in [0.25, 0.3) is 0 Å². The molecule has 0 aliphatic heterocycles. The molecule has 11 heteroatoms. The number of nitro benzene ring substituents is 1. The summed E-state index contributed by atoms with van der Waals surface area (Å²) in [4.78, 5) is 24.1. The second-order valence-corrected chi connectivity index (χ2v) is 9.65. The highest BCUT2D eigenvalue weighted by Crippen LogP contribution is 2.36. The Kier molecular flexibility index (Phi) is 8.86. The second kappa shape index (κ2) is 11.2.